The molecule has 1 atom stereocenters. The maximum Gasteiger partial charge on any atom is 0.338 e. The number of aromatic nitrogens is 2. The van der Waals surface area contributed by atoms with Crippen LogP contribution in [0.1, 0.15) is 28.4 Å². The lowest BCUT2D eigenvalue weighted by atomic mass is 10.0. The van der Waals surface area contributed by atoms with Crippen LogP contribution in [-0.4, -0.2) is 27.9 Å². The van der Waals surface area contributed by atoms with Crippen LogP contribution in [0.15, 0.2) is 84.9 Å². The summed E-state index contributed by atoms with van der Waals surface area (Å²) >= 11 is 12.1. The van der Waals surface area contributed by atoms with Crippen LogP contribution in [0.25, 0.3) is 33.5 Å². The Balaban J connectivity index is 1.44. The number of carbonyl (C=O) groups is 2. The van der Waals surface area contributed by atoms with Crippen molar-refractivity contribution in [3.05, 3.63) is 112 Å². The molecule has 1 heterocycles. The number of esters is 1. The van der Waals surface area contributed by atoms with Gasteiger partial charge in [-0.3, -0.25) is 4.79 Å². The van der Waals surface area contributed by atoms with Crippen LogP contribution in [0.4, 0.5) is 5.69 Å². The van der Waals surface area contributed by atoms with Gasteiger partial charge in [0.05, 0.1) is 38.7 Å². The van der Waals surface area contributed by atoms with Crippen LogP contribution in [0.3, 0.4) is 0 Å². The summed E-state index contributed by atoms with van der Waals surface area (Å²) in [6.45, 7) is 5.55. The maximum absolute atomic E-state index is 13.0. The Bertz CT molecular complexity index is 1740. The van der Waals surface area contributed by atoms with E-state index in [1.807, 2.05) is 62.4 Å². The number of benzene rings is 4. The summed E-state index contributed by atoms with van der Waals surface area (Å²) in [4.78, 5) is 35.5. The number of aryl methyl sites for hydroxylation is 2. The van der Waals surface area contributed by atoms with E-state index in [1.54, 1.807) is 30.3 Å². The number of fused-ring (bicyclic) bond motifs is 1. The van der Waals surface area contributed by atoms with Gasteiger partial charge in [0.15, 0.2) is 6.10 Å². The lowest BCUT2D eigenvalue weighted by molar-refractivity contribution is -0.123. The first-order valence-corrected chi connectivity index (χ1v) is 13.4. The highest BCUT2D eigenvalue weighted by molar-refractivity contribution is 6.35. The molecular weight excluding hydrogens is 545 g/mol. The normalized spacial score (nSPS) is 11.7. The molecule has 0 spiro atoms. The lowest BCUT2D eigenvalue weighted by Gasteiger charge is -2.15. The van der Waals surface area contributed by atoms with Crippen molar-refractivity contribution in [1.82, 2.24) is 9.97 Å². The minimum absolute atomic E-state index is 0.250. The first-order valence-electron chi connectivity index (χ1n) is 12.6. The molecule has 0 saturated heterocycles. The van der Waals surface area contributed by atoms with Gasteiger partial charge < -0.3 is 10.1 Å². The molecule has 1 unspecified atom stereocenters. The Labute approximate surface area is 242 Å². The first kappa shape index (κ1) is 27.3. The van der Waals surface area contributed by atoms with Crippen LogP contribution in [-0.2, 0) is 9.53 Å². The van der Waals surface area contributed by atoms with Crippen molar-refractivity contribution in [2.45, 2.75) is 26.9 Å². The summed E-state index contributed by atoms with van der Waals surface area (Å²) in [6, 6.07) is 25.9. The molecule has 0 aliphatic carbocycles. The summed E-state index contributed by atoms with van der Waals surface area (Å²) in [5, 5.41) is 3.37. The molecule has 1 aromatic heterocycles. The van der Waals surface area contributed by atoms with E-state index in [1.165, 1.54) is 13.0 Å². The third kappa shape index (κ3) is 5.98. The predicted octanol–water partition coefficient (Wildman–Crippen LogP) is 8.07. The molecule has 1 amide bonds. The molecule has 40 heavy (non-hydrogen) atoms. The van der Waals surface area contributed by atoms with Gasteiger partial charge in [-0.25, -0.2) is 14.8 Å². The van der Waals surface area contributed by atoms with E-state index >= 15 is 0 Å². The third-order valence-corrected chi connectivity index (χ3v) is 6.95. The molecule has 5 aromatic rings. The van der Waals surface area contributed by atoms with Crippen LogP contribution in [0.2, 0.25) is 10.0 Å². The zero-order valence-electron chi connectivity index (χ0n) is 22.0. The molecule has 0 aliphatic heterocycles. The highest BCUT2D eigenvalue weighted by Crippen LogP contribution is 2.32. The highest BCUT2D eigenvalue weighted by Gasteiger charge is 2.21. The zero-order valence-corrected chi connectivity index (χ0v) is 23.5. The van der Waals surface area contributed by atoms with E-state index in [0.717, 1.165) is 27.9 Å². The smallest absolute Gasteiger partial charge is 0.338 e. The van der Waals surface area contributed by atoms with Gasteiger partial charge >= 0.3 is 5.97 Å². The maximum atomic E-state index is 13.0. The van der Waals surface area contributed by atoms with Gasteiger partial charge in [0.25, 0.3) is 5.91 Å². The van der Waals surface area contributed by atoms with E-state index in [-0.39, 0.29) is 5.56 Å². The third-order valence-electron chi connectivity index (χ3n) is 6.39. The standard InChI is InChI=1S/C32H25Cl2N3O3/c1-18-4-8-21(9-5-18)29-30(22-10-6-19(2)7-11-22)36-28-16-23(12-15-26(28)35-29)32(39)40-20(3)31(38)37-27-17-24(33)13-14-25(27)34/h4-17,20H,1-3H3,(H,37,38). The number of carbonyl (C=O) groups excluding carboxylic acids is 2. The molecular formula is C32H25Cl2N3O3. The van der Waals surface area contributed by atoms with E-state index in [9.17, 15) is 9.59 Å². The highest BCUT2D eigenvalue weighted by atomic mass is 35.5. The number of nitrogens with one attached hydrogen (secondary N) is 1. The van der Waals surface area contributed by atoms with Crippen LogP contribution >= 0.6 is 23.2 Å². The van der Waals surface area contributed by atoms with Crippen molar-refractivity contribution in [1.29, 1.82) is 0 Å². The summed E-state index contributed by atoms with van der Waals surface area (Å²) in [6.07, 6.45) is -1.09. The topological polar surface area (TPSA) is 81.2 Å². The Hall–Kier alpha value is -4.26. The van der Waals surface area contributed by atoms with Gasteiger partial charge in [-0.15, -0.1) is 0 Å². The Morgan fingerprint density at radius 1 is 0.750 bits per heavy atom. The van der Waals surface area contributed by atoms with Crippen LogP contribution in [0.5, 0.6) is 0 Å². The summed E-state index contributed by atoms with van der Waals surface area (Å²) in [5.74, 6) is -1.20. The quantitative estimate of drug-likeness (QED) is 0.209. The molecule has 5 rings (SSSR count). The molecule has 4 aromatic carbocycles. The summed E-state index contributed by atoms with van der Waals surface area (Å²) in [5.41, 5.74) is 7.33. The lowest BCUT2D eigenvalue weighted by Crippen LogP contribution is -2.30. The number of hydrogen-bond acceptors (Lipinski definition) is 5. The average molecular weight is 570 g/mol. The van der Waals surface area contributed by atoms with Gasteiger partial charge in [-0.2, -0.15) is 0 Å². The number of nitrogens with zero attached hydrogens (tertiary/aromatic N) is 2. The number of hydrogen-bond donors (Lipinski definition) is 1. The van der Waals surface area contributed by atoms with E-state index in [2.05, 4.69) is 5.32 Å². The van der Waals surface area contributed by atoms with Crippen molar-refractivity contribution < 1.29 is 14.3 Å². The molecule has 0 radical (unpaired) electrons. The average Bonchev–Trinajstić information content (AvgIpc) is 2.94. The van der Waals surface area contributed by atoms with Gasteiger partial charge in [-0.1, -0.05) is 82.9 Å². The fourth-order valence-corrected chi connectivity index (χ4v) is 4.45. The minimum atomic E-state index is -1.09. The van der Waals surface area contributed by atoms with Gasteiger partial charge in [0, 0.05) is 16.1 Å². The summed E-state index contributed by atoms with van der Waals surface area (Å²) < 4.78 is 5.45. The number of rotatable bonds is 6. The number of ether oxygens (including phenoxy) is 1. The van der Waals surface area contributed by atoms with Crippen LogP contribution < -0.4 is 5.32 Å². The van der Waals surface area contributed by atoms with Gasteiger partial charge in [0.1, 0.15) is 0 Å². The monoisotopic (exact) mass is 569 g/mol. The van der Waals surface area contributed by atoms with E-state index < -0.39 is 18.0 Å². The molecule has 0 saturated carbocycles. The number of halogens is 2. The molecule has 0 fully saturated rings. The molecule has 8 heteroatoms. The largest absolute Gasteiger partial charge is 0.449 e. The van der Waals surface area contributed by atoms with Crippen molar-refractivity contribution in [2.24, 2.45) is 0 Å². The summed E-state index contributed by atoms with van der Waals surface area (Å²) in [7, 11) is 0. The van der Waals surface area contributed by atoms with Crippen molar-refractivity contribution in [2.75, 3.05) is 5.32 Å². The SMILES string of the molecule is Cc1ccc(-c2nc3ccc(C(=O)OC(C)C(=O)Nc4cc(Cl)ccc4Cl)cc3nc2-c2ccc(C)cc2)cc1. The predicted molar refractivity (Wildman–Crippen MR) is 160 cm³/mol. The number of amides is 1. The first-order chi connectivity index (χ1) is 19.2. The Kier molecular flexibility index (Phi) is 7.83. The molecule has 200 valence electrons. The second-order valence-corrected chi connectivity index (χ2v) is 10.4. The van der Waals surface area contributed by atoms with Crippen molar-refractivity contribution in [3.63, 3.8) is 0 Å². The van der Waals surface area contributed by atoms with Crippen molar-refractivity contribution >= 4 is 51.8 Å². The van der Waals surface area contributed by atoms with Crippen LogP contribution in [0, 0.1) is 13.8 Å². The fraction of sp³-hybridized carbons (Fsp3) is 0.125. The minimum Gasteiger partial charge on any atom is -0.449 e. The second-order valence-electron chi connectivity index (χ2n) is 9.52. The Morgan fingerprint density at radius 3 is 1.93 bits per heavy atom. The number of anilines is 1. The Morgan fingerprint density at radius 2 is 1.32 bits per heavy atom. The molecule has 0 bridgehead atoms. The zero-order chi connectivity index (χ0) is 28.4. The van der Waals surface area contributed by atoms with E-state index in [4.69, 9.17) is 37.9 Å². The fourth-order valence-electron chi connectivity index (χ4n) is 4.12. The van der Waals surface area contributed by atoms with Crippen molar-refractivity contribution in [3.8, 4) is 22.5 Å². The second kappa shape index (κ2) is 11.5. The van der Waals surface area contributed by atoms with Gasteiger partial charge in [-0.05, 0) is 57.2 Å². The van der Waals surface area contributed by atoms with Gasteiger partial charge in [0.2, 0.25) is 0 Å². The molecule has 0 aliphatic rings. The molecule has 6 nitrogen and oxygen atoms in total. The molecule has 1 N–H and O–H groups in total. The van der Waals surface area contributed by atoms with E-state index in [0.29, 0.717) is 32.5 Å².